The lowest BCUT2D eigenvalue weighted by Crippen LogP contribution is -2.41. The summed E-state index contributed by atoms with van der Waals surface area (Å²) in [6.45, 7) is 3.18. The van der Waals surface area contributed by atoms with Gasteiger partial charge in [-0.25, -0.2) is 0 Å². The lowest BCUT2D eigenvalue weighted by Gasteiger charge is -2.38. The molecule has 0 radical (unpaired) electrons. The van der Waals surface area contributed by atoms with Gasteiger partial charge in [-0.2, -0.15) is 5.26 Å². The van der Waals surface area contributed by atoms with E-state index in [1.54, 1.807) is 0 Å². The number of benzene rings is 1. The highest BCUT2D eigenvalue weighted by Crippen LogP contribution is 2.31. The second-order valence-electron chi connectivity index (χ2n) is 5.54. The van der Waals surface area contributed by atoms with Gasteiger partial charge in [-0.05, 0) is 50.3 Å². The van der Waals surface area contributed by atoms with Gasteiger partial charge >= 0.3 is 0 Å². The van der Waals surface area contributed by atoms with Crippen LogP contribution < -0.4 is 10.6 Å². The summed E-state index contributed by atoms with van der Waals surface area (Å²) < 4.78 is 0.958. The molecule has 0 atom stereocenters. The highest BCUT2D eigenvalue weighted by molar-refractivity contribution is 9.10. The average Bonchev–Trinajstić information content (AvgIpc) is 2.46. The minimum absolute atomic E-state index is 0.357. The van der Waals surface area contributed by atoms with Crippen molar-refractivity contribution < 1.29 is 0 Å². The molecule has 0 amide bonds. The van der Waals surface area contributed by atoms with Gasteiger partial charge < -0.3 is 10.6 Å². The van der Waals surface area contributed by atoms with Crippen LogP contribution in [0, 0.1) is 11.3 Å². The van der Waals surface area contributed by atoms with Gasteiger partial charge in [0.1, 0.15) is 6.07 Å². The minimum atomic E-state index is 0.357. The Morgan fingerprint density at radius 2 is 2.05 bits per heavy atom. The van der Waals surface area contributed by atoms with Crippen molar-refractivity contribution in [3.05, 3.63) is 28.2 Å². The normalized spacial score (nSPS) is 22.3. The maximum atomic E-state index is 9.38. The predicted molar refractivity (Wildman–Crippen MR) is 86.7 cm³/mol. The minimum Gasteiger partial charge on any atom is -0.367 e. The molecule has 1 saturated carbocycles. The summed E-state index contributed by atoms with van der Waals surface area (Å²) in [5, 5.41) is 9.38. The number of hydrogen-bond donors (Lipinski definition) is 1. The van der Waals surface area contributed by atoms with Crippen LogP contribution in [-0.4, -0.2) is 18.6 Å². The maximum absolute atomic E-state index is 9.38. The standard InChI is InChI=1S/C16H22BrN3/c1-2-9-20(15-6-4-14(19)5-7-15)16-8-3-13(17)10-12(16)11-18/h3,8,10,14-15H,2,4-7,9,19H2,1H3. The Balaban J connectivity index is 2.26. The zero-order valence-electron chi connectivity index (χ0n) is 12.0. The Labute approximate surface area is 129 Å². The molecule has 0 saturated heterocycles. The summed E-state index contributed by atoms with van der Waals surface area (Å²) in [6, 6.07) is 9.19. The SMILES string of the molecule is CCCN(c1ccc(Br)cc1C#N)C1CCC(N)CC1. The molecule has 3 nitrogen and oxygen atoms in total. The van der Waals surface area contributed by atoms with Crippen LogP contribution >= 0.6 is 15.9 Å². The molecule has 0 aromatic heterocycles. The lowest BCUT2D eigenvalue weighted by atomic mass is 9.90. The molecular formula is C16H22BrN3. The number of anilines is 1. The highest BCUT2D eigenvalue weighted by atomic mass is 79.9. The summed E-state index contributed by atoms with van der Waals surface area (Å²) in [4.78, 5) is 2.41. The van der Waals surface area contributed by atoms with E-state index in [2.05, 4.69) is 39.9 Å². The molecule has 0 aliphatic heterocycles. The van der Waals surface area contributed by atoms with Gasteiger partial charge in [0.25, 0.3) is 0 Å². The molecule has 20 heavy (non-hydrogen) atoms. The fraction of sp³-hybridized carbons (Fsp3) is 0.562. The molecule has 1 aliphatic carbocycles. The van der Waals surface area contributed by atoms with Crippen LogP contribution in [0.2, 0.25) is 0 Å². The van der Waals surface area contributed by atoms with Crippen molar-refractivity contribution >= 4 is 21.6 Å². The lowest BCUT2D eigenvalue weighted by molar-refractivity contribution is 0.375. The van der Waals surface area contributed by atoms with Gasteiger partial charge in [0.15, 0.2) is 0 Å². The van der Waals surface area contributed by atoms with E-state index in [-0.39, 0.29) is 0 Å². The molecule has 2 rings (SSSR count). The Kier molecular flexibility index (Phi) is 5.45. The zero-order valence-corrected chi connectivity index (χ0v) is 13.6. The van der Waals surface area contributed by atoms with Crippen LogP contribution in [0.25, 0.3) is 0 Å². The molecule has 2 N–H and O–H groups in total. The van der Waals surface area contributed by atoms with Crippen LogP contribution in [-0.2, 0) is 0 Å². The third-order valence-corrected chi connectivity index (χ3v) is 4.53. The Bertz CT molecular complexity index is 487. The van der Waals surface area contributed by atoms with Gasteiger partial charge in [-0.1, -0.05) is 22.9 Å². The first-order valence-electron chi connectivity index (χ1n) is 7.37. The van der Waals surface area contributed by atoms with Gasteiger partial charge in [0.05, 0.1) is 11.3 Å². The van der Waals surface area contributed by atoms with Gasteiger partial charge in [0.2, 0.25) is 0 Å². The van der Waals surface area contributed by atoms with Gasteiger partial charge in [-0.15, -0.1) is 0 Å². The molecule has 0 bridgehead atoms. The Morgan fingerprint density at radius 3 is 2.65 bits per heavy atom. The average molecular weight is 336 g/mol. The summed E-state index contributed by atoms with van der Waals surface area (Å²) in [6.07, 6.45) is 5.51. The van der Waals surface area contributed by atoms with Crippen molar-refractivity contribution in [2.24, 2.45) is 5.73 Å². The molecule has 1 aromatic carbocycles. The largest absolute Gasteiger partial charge is 0.367 e. The number of rotatable bonds is 4. The molecule has 108 valence electrons. The first-order chi connectivity index (χ1) is 9.65. The summed E-state index contributed by atoms with van der Waals surface area (Å²) in [7, 11) is 0. The molecule has 0 spiro atoms. The van der Waals surface area contributed by atoms with Crippen molar-refractivity contribution in [3.63, 3.8) is 0 Å². The van der Waals surface area contributed by atoms with Crippen LogP contribution in [0.4, 0.5) is 5.69 Å². The third-order valence-electron chi connectivity index (χ3n) is 4.04. The first-order valence-corrected chi connectivity index (χ1v) is 8.17. The first kappa shape index (κ1) is 15.3. The molecular weight excluding hydrogens is 314 g/mol. The fourth-order valence-corrected chi connectivity index (χ4v) is 3.36. The molecule has 1 aromatic rings. The van der Waals surface area contributed by atoms with Crippen LogP contribution in [0.3, 0.4) is 0 Å². The quantitative estimate of drug-likeness (QED) is 0.910. The van der Waals surface area contributed by atoms with Gasteiger partial charge in [0, 0.05) is 23.1 Å². The van der Waals surface area contributed by atoms with Crippen molar-refractivity contribution in [1.29, 1.82) is 5.26 Å². The molecule has 0 heterocycles. The Morgan fingerprint density at radius 1 is 1.35 bits per heavy atom. The fourth-order valence-electron chi connectivity index (χ4n) is 3.00. The van der Waals surface area contributed by atoms with E-state index < -0.39 is 0 Å². The van der Waals surface area contributed by atoms with Crippen LogP contribution in [0.1, 0.15) is 44.6 Å². The van der Waals surface area contributed by atoms with Crippen molar-refractivity contribution in [3.8, 4) is 6.07 Å². The molecule has 1 fully saturated rings. The van der Waals surface area contributed by atoms with E-state index in [0.717, 1.165) is 54.4 Å². The number of nitrogens with two attached hydrogens (primary N) is 1. The highest BCUT2D eigenvalue weighted by Gasteiger charge is 2.25. The monoisotopic (exact) mass is 335 g/mol. The molecule has 1 aliphatic rings. The van der Waals surface area contributed by atoms with Crippen molar-refractivity contribution in [1.82, 2.24) is 0 Å². The van der Waals surface area contributed by atoms with Gasteiger partial charge in [-0.3, -0.25) is 0 Å². The summed E-state index contributed by atoms with van der Waals surface area (Å²) >= 11 is 3.44. The predicted octanol–water partition coefficient (Wildman–Crippen LogP) is 3.81. The van der Waals surface area contributed by atoms with Crippen LogP contribution in [0.5, 0.6) is 0 Å². The molecule has 4 heteroatoms. The van der Waals surface area contributed by atoms with Crippen LogP contribution in [0.15, 0.2) is 22.7 Å². The summed E-state index contributed by atoms with van der Waals surface area (Å²) in [5.74, 6) is 0. The van der Waals surface area contributed by atoms with E-state index >= 15 is 0 Å². The second-order valence-corrected chi connectivity index (χ2v) is 6.45. The van der Waals surface area contributed by atoms with E-state index in [1.165, 1.54) is 0 Å². The van der Waals surface area contributed by atoms with E-state index in [9.17, 15) is 5.26 Å². The smallest absolute Gasteiger partial charge is 0.101 e. The van der Waals surface area contributed by atoms with E-state index in [0.29, 0.717) is 12.1 Å². The van der Waals surface area contributed by atoms with Crippen molar-refractivity contribution in [2.45, 2.75) is 51.1 Å². The second kappa shape index (κ2) is 7.10. The number of halogens is 1. The number of hydrogen-bond acceptors (Lipinski definition) is 3. The van der Waals surface area contributed by atoms with Crippen molar-refractivity contribution in [2.75, 3.05) is 11.4 Å². The maximum Gasteiger partial charge on any atom is 0.101 e. The van der Waals surface area contributed by atoms with E-state index in [1.807, 2.05) is 12.1 Å². The molecule has 0 unspecified atom stereocenters. The topological polar surface area (TPSA) is 53.0 Å². The Hall–Kier alpha value is -1.05. The summed E-state index contributed by atoms with van der Waals surface area (Å²) in [5.41, 5.74) is 7.83. The third kappa shape index (κ3) is 3.53. The zero-order chi connectivity index (χ0) is 14.5. The number of nitriles is 1. The number of nitrogens with zero attached hydrogens (tertiary/aromatic N) is 2. The van der Waals surface area contributed by atoms with E-state index in [4.69, 9.17) is 5.73 Å².